The van der Waals surface area contributed by atoms with E-state index >= 15 is 0 Å². The van der Waals surface area contributed by atoms with Gasteiger partial charge in [0.1, 0.15) is 0 Å². The van der Waals surface area contributed by atoms with Crippen LogP contribution in [0.15, 0.2) is 23.8 Å². The van der Waals surface area contributed by atoms with Gasteiger partial charge in [0.25, 0.3) is 5.92 Å². The Morgan fingerprint density at radius 3 is 2.82 bits per heavy atom. The Morgan fingerprint density at radius 1 is 1.55 bits per heavy atom. The first kappa shape index (κ1) is 8.44. The zero-order valence-electron chi connectivity index (χ0n) is 6.61. The van der Waals surface area contributed by atoms with Crippen molar-refractivity contribution in [3.63, 3.8) is 0 Å². The van der Waals surface area contributed by atoms with Crippen molar-refractivity contribution < 1.29 is 8.78 Å². The monoisotopic (exact) mass is 158 g/mol. The van der Waals surface area contributed by atoms with Crippen LogP contribution in [0.5, 0.6) is 0 Å². The van der Waals surface area contributed by atoms with Gasteiger partial charge in [-0.1, -0.05) is 31.1 Å². The number of rotatable bonds is 2. The lowest BCUT2D eigenvalue weighted by atomic mass is 9.98. The van der Waals surface area contributed by atoms with E-state index < -0.39 is 5.92 Å². The van der Waals surface area contributed by atoms with Gasteiger partial charge in [0.05, 0.1) is 0 Å². The fourth-order valence-electron chi connectivity index (χ4n) is 1.24. The molecule has 1 aliphatic rings. The zero-order chi connectivity index (χ0) is 8.32. The molecule has 0 heterocycles. The first-order chi connectivity index (χ1) is 5.14. The minimum absolute atomic E-state index is 0.0860. The first-order valence-corrected chi connectivity index (χ1v) is 3.89. The lowest BCUT2D eigenvalue weighted by Gasteiger charge is -2.16. The number of halogens is 2. The quantitative estimate of drug-likeness (QED) is 0.578. The van der Waals surface area contributed by atoms with Gasteiger partial charge in [-0.05, 0) is 12.5 Å². The Kier molecular flexibility index (Phi) is 2.42. The van der Waals surface area contributed by atoms with Gasteiger partial charge in [-0.2, -0.15) is 0 Å². The number of hydrogen-bond donors (Lipinski definition) is 0. The summed E-state index contributed by atoms with van der Waals surface area (Å²) in [5.74, 6) is -2.60. The molecule has 0 nitrogen and oxygen atoms in total. The molecule has 0 bridgehead atoms. The van der Waals surface area contributed by atoms with Crippen LogP contribution in [-0.4, -0.2) is 5.92 Å². The molecule has 1 rings (SSSR count). The third-order valence-corrected chi connectivity index (χ3v) is 1.71. The minimum atomic E-state index is -2.60. The minimum Gasteiger partial charge on any atom is -0.202 e. The molecular weight excluding hydrogens is 146 g/mol. The van der Waals surface area contributed by atoms with Gasteiger partial charge in [-0.25, -0.2) is 8.78 Å². The van der Waals surface area contributed by atoms with Crippen LogP contribution in [0.4, 0.5) is 8.78 Å². The third-order valence-electron chi connectivity index (χ3n) is 1.71. The van der Waals surface area contributed by atoms with E-state index in [1.54, 1.807) is 6.08 Å². The summed E-state index contributed by atoms with van der Waals surface area (Å²) in [6.07, 6.45) is 5.86. The molecule has 0 aromatic heterocycles. The normalized spacial score (nSPS) is 21.5. The lowest BCUT2D eigenvalue weighted by molar-refractivity contribution is 0.0535. The molecule has 0 radical (unpaired) electrons. The Hall–Kier alpha value is -0.660. The average molecular weight is 158 g/mol. The largest absolute Gasteiger partial charge is 0.270 e. The number of allylic oxidation sites excluding steroid dienone is 4. The molecule has 0 N–H and O–H groups in total. The van der Waals surface area contributed by atoms with E-state index in [0.29, 0.717) is 0 Å². The molecule has 62 valence electrons. The second-order valence-corrected chi connectivity index (χ2v) is 2.87. The van der Waals surface area contributed by atoms with Crippen LogP contribution < -0.4 is 0 Å². The van der Waals surface area contributed by atoms with Crippen molar-refractivity contribution in [2.45, 2.75) is 32.1 Å². The molecule has 0 saturated heterocycles. The molecule has 0 aliphatic heterocycles. The van der Waals surface area contributed by atoms with Crippen molar-refractivity contribution in [3.05, 3.63) is 23.8 Å². The molecule has 0 fully saturated rings. The van der Waals surface area contributed by atoms with Crippen LogP contribution in [0, 0.1) is 0 Å². The highest BCUT2D eigenvalue weighted by molar-refractivity contribution is 5.22. The van der Waals surface area contributed by atoms with Crippen LogP contribution in [0.1, 0.15) is 26.2 Å². The smallest absolute Gasteiger partial charge is 0.202 e. The summed E-state index contributed by atoms with van der Waals surface area (Å²) in [6, 6.07) is 0. The molecule has 0 atom stereocenters. The molecule has 2 heteroatoms. The lowest BCUT2D eigenvalue weighted by Crippen LogP contribution is -2.15. The van der Waals surface area contributed by atoms with E-state index in [-0.39, 0.29) is 6.42 Å². The Labute approximate surface area is 65.6 Å². The standard InChI is InChI=1S/C9H12F2/c1-2-4-8-5-3-6-9(10,11)7-8/h3,5-6H,2,4,7H2,1H3. The second-order valence-electron chi connectivity index (χ2n) is 2.87. The van der Waals surface area contributed by atoms with Crippen molar-refractivity contribution in [1.29, 1.82) is 0 Å². The maximum Gasteiger partial charge on any atom is 0.270 e. The molecule has 0 saturated carbocycles. The number of hydrogen-bond acceptors (Lipinski definition) is 0. The van der Waals surface area contributed by atoms with E-state index in [4.69, 9.17) is 0 Å². The fraction of sp³-hybridized carbons (Fsp3) is 0.556. The van der Waals surface area contributed by atoms with E-state index in [9.17, 15) is 8.78 Å². The molecule has 0 aromatic carbocycles. The van der Waals surface area contributed by atoms with Crippen LogP contribution in [0.2, 0.25) is 0 Å². The SMILES string of the molecule is CCCC1=CC=CC(F)(F)C1. The van der Waals surface area contributed by atoms with Crippen LogP contribution in [-0.2, 0) is 0 Å². The molecular formula is C9H12F2. The van der Waals surface area contributed by atoms with E-state index in [1.165, 1.54) is 6.08 Å². The highest BCUT2D eigenvalue weighted by Gasteiger charge is 2.27. The Balaban J connectivity index is 2.58. The van der Waals surface area contributed by atoms with E-state index in [2.05, 4.69) is 0 Å². The van der Waals surface area contributed by atoms with E-state index in [1.807, 2.05) is 6.92 Å². The molecule has 0 unspecified atom stereocenters. The van der Waals surface area contributed by atoms with Crippen LogP contribution in [0.3, 0.4) is 0 Å². The summed E-state index contributed by atoms with van der Waals surface area (Å²) >= 11 is 0. The molecule has 0 spiro atoms. The fourth-order valence-corrected chi connectivity index (χ4v) is 1.24. The summed E-state index contributed by atoms with van der Waals surface area (Å²) in [5, 5.41) is 0. The van der Waals surface area contributed by atoms with Gasteiger partial charge in [0, 0.05) is 6.42 Å². The average Bonchev–Trinajstić information content (AvgIpc) is 1.85. The molecule has 11 heavy (non-hydrogen) atoms. The van der Waals surface area contributed by atoms with Crippen molar-refractivity contribution >= 4 is 0 Å². The van der Waals surface area contributed by atoms with Crippen LogP contribution in [0.25, 0.3) is 0 Å². The van der Waals surface area contributed by atoms with Crippen molar-refractivity contribution in [3.8, 4) is 0 Å². The number of alkyl halides is 2. The Morgan fingerprint density at radius 2 is 2.27 bits per heavy atom. The summed E-state index contributed by atoms with van der Waals surface area (Å²) in [4.78, 5) is 0. The molecule has 1 aliphatic carbocycles. The molecule has 0 amide bonds. The summed E-state index contributed by atoms with van der Waals surface area (Å²) in [7, 11) is 0. The Bertz CT molecular complexity index is 190. The highest BCUT2D eigenvalue weighted by Crippen LogP contribution is 2.30. The van der Waals surface area contributed by atoms with Gasteiger partial charge in [-0.15, -0.1) is 0 Å². The highest BCUT2D eigenvalue weighted by atomic mass is 19.3. The maximum absolute atomic E-state index is 12.7. The predicted molar refractivity (Wildman–Crippen MR) is 41.7 cm³/mol. The van der Waals surface area contributed by atoms with Crippen molar-refractivity contribution in [1.82, 2.24) is 0 Å². The van der Waals surface area contributed by atoms with Gasteiger partial charge >= 0.3 is 0 Å². The van der Waals surface area contributed by atoms with Crippen molar-refractivity contribution in [2.24, 2.45) is 0 Å². The topological polar surface area (TPSA) is 0 Å². The third kappa shape index (κ3) is 2.45. The van der Waals surface area contributed by atoms with Gasteiger partial charge in [0.2, 0.25) is 0 Å². The summed E-state index contributed by atoms with van der Waals surface area (Å²) in [6.45, 7) is 2.00. The second kappa shape index (κ2) is 3.16. The maximum atomic E-state index is 12.7. The van der Waals surface area contributed by atoms with E-state index in [0.717, 1.165) is 24.5 Å². The van der Waals surface area contributed by atoms with Gasteiger partial charge in [0.15, 0.2) is 0 Å². The van der Waals surface area contributed by atoms with Gasteiger partial charge in [-0.3, -0.25) is 0 Å². The predicted octanol–water partition coefficient (Wildman–Crippen LogP) is 3.31. The van der Waals surface area contributed by atoms with Crippen molar-refractivity contribution in [2.75, 3.05) is 0 Å². The summed E-state index contributed by atoms with van der Waals surface area (Å²) < 4.78 is 25.3. The zero-order valence-corrected chi connectivity index (χ0v) is 6.61. The first-order valence-electron chi connectivity index (χ1n) is 3.89. The molecule has 0 aromatic rings. The van der Waals surface area contributed by atoms with Crippen LogP contribution >= 0.6 is 0 Å². The van der Waals surface area contributed by atoms with Gasteiger partial charge < -0.3 is 0 Å². The summed E-state index contributed by atoms with van der Waals surface area (Å²) in [5.41, 5.74) is 0.861.